The molecule has 0 aromatic rings. The molecule has 1 aliphatic heterocycles. The van der Waals surface area contributed by atoms with E-state index < -0.39 is 24.5 Å². The fraction of sp³-hybridized carbons (Fsp3) is 1.00. The van der Waals surface area contributed by atoms with Gasteiger partial charge < -0.3 is 19.7 Å². The van der Waals surface area contributed by atoms with Gasteiger partial charge in [0.05, 0.1) is 28.8 Å². The number of alkyl halides is 1. The number of methoxy groups -OCH3 is 1. The Bertz CT molecular complexity index is 259. The average Bonchev–Trinajstić information content (AvgIpc) is 2.25. The summed E-state index contributed by atoms with van der Waals surface area (Å²) in [7, 11) is 1.45. The smallest absolute Gasteiger partial charge is 0.171 e. The first-order chi connectivity index (χ1) is 7.15. The van der Waals surface area contributed by atoms with E-state index in [1.54, 1.807) is 0 Å². The van der Waals surface area contributed by atoms with Gasteiger partial charge in [0.15, 0.2) is 6.29 Å². The molecule has 5 atom stereocenters. The molecule has 1 saturated heterocycles. The minimum Gasteiger partial charge on any atom is -0.394 e. The third kappa shape index (κ3) is 2.71. The van der Waals surface area contributed by atoms with Crippen molar-refractivity contribution in [2.24, 2.45) is 5.11 Å². The number of nitrogens with zero attached hydrogens (tertiary/aromatic N) is 3. The summed E-state index contributed by atoms with van der Waals surface area (Å²) < 4.78 is 9.98. The second-order valence-electron chi connectivity index (χ2n) is 3.09. The van der Waals surface area contributed by atoms with Gasteiger partial charge in [0, 0.05) is 12.0 Å². The highest BCUT2D eigenvalue weighted by atomic mass is 127. The van der Waals surface area contributed by atoms with E-state index in [9.17, 15) is 5.11 Å². The highest BCUT2D eigenvalue weighted by Crippen LogP contribution is 2.28. The van der Waals surface area contributed by atoms with Gasteiger partial charge in [-0.25, -0.2) is 0 Å². The van der Waals surface area contributed by atoms with Gasteiger partial charge in [0.25, 0.3) is 0 Å². The maximum atomic E-state index is 9.83. The molecule has 0 amide bonds. The quantitative estimate of drug-likeness (QED) is 0.253. The molecule has 0 saturated carbocycles. The third-order valence-electron chi connectivity index (χ3n) is 2.22. The number of azide groups is 1. The number of halogens is 1. The zero-order chi connectivity index (χ0) is 11.4. The second kappa shape index (κ2) is 5.83. The van der Waals surface area contributed by atoms with E-state index in [0.29, 0.717) is 0 Å². The van der Waals surface area contributed by atoms with Gasteiger partial charge in [-0.2, -0.15) is 0 Å². The minimum atomic E-state index is -0.891. The van der Waals surface area contributed by atoms with E-state index in [2.05, 4.69) is 10.0 Å². The third-order valence-corrected chi connectivity index (χ3v) is 3.55. The van der Waals surface area contributed by atoms with E-state index in [4.69, 9.17) is 20.1 Å². The Morgan fingerprint density at radius 2 is 2.33 bits per heavy atom. The predicted molar refractivity (Wildman–Crippen MR) is 59.5 cm³/mol. The van der Waals surface area contributed by atoms with Crippen molar-refractivity contribution in [3.8, 4) is 0 Å². The lowest BCUT2D eigenvalue weighted by molar-refractivity contribution is -0.209. The van der Waals surface area contributed by atoms with E-state index in [1.807, 2.05) is 22.6 Å². The SMILES string of the molecule is CO[C@@H]1O[C@H](CO)[C@@H](N=[N+]=[N-])[C@H](O)[C@H]1I. The Morgan fingerprint density at radius 1 is 1.67 bits per heavy atom. The molecular formula is C7H12IN3O4. The van der Waals surface area contributed by atoms with Crippen LogP contribution in [0, 0.1) is 0 Å². The van der Waals surface area contributed by atoms with Gasteiger partial charge in [-0.15, -0.1) is 0 Å². The van der Waals surface area contributed by atoms with Crippen LogP contribution in [0.25, 0.3) is 10.4 Å². The van der Waals surface area contributed by atoms with Gasteiger partial charge >= 0.3 is 0 Å². The van der Waals surface area contributed by atoms with Crippen molar-refractivity contribution in [1.29, 1.82) is 0 Å². The molecule has 1 aliphatic rings. The zero-order valence-electron chi connectivity index (χ0n) is 8.02. The molecule has 0 aromatic carbocycles. The Hall–Kier alpha value is -0.120. The first kappa shape index (κ1) is 12.9. The fourth-order valence-electron chi connectivity index (χ4n) is 1.44. The normalized spacial score (nSPS) is 40.9. The number of ether oxygens (including phenoxy) is 2. The summed E-state index contributed by atoms with van der Waals surface area (Å²) in [6, 6.07) is -0.784. The van der Waals surface area contributed by atoms with Crippen molar-refractivity contribution in [2.75, 3.05) is 13.7 Å². The van der Waals surface area contributed by atoms with Crippen molar-refractivity contribution in [1.82, 2.24) is 0 Å². The molecule has 0 spiro atoms. The van der Waals surface area contributed by atoms with Crippen LogP contribution >= 0.6 is 22.6 Å². The topological polar surface area (TPSA) is 108 Å². The molecule has 1 rings (SSSR count). The lowest BCUT2D eigenvalue weighted by Crippen LogP contribution is -2.55. The molecule has 0 bridgehead atoms. The number of aliphatic hydroxyl groups is 2. The predicted octanol–water partition coefficient (Wildman–Crippen LogP) is 0.193. The summed E-state index contributed by atoms with van der Waals surface area (Å²) in [6.07, 6.45) is -2.23. The molecule has 86 valence electrons. The van der Waals surface area contributed by atoms with E-state index >= 15 is 0 Å². The molecule has 0 unspecified atom stereocenters. The van der Waals surface area contributed by atoms with E-state index in [0.717, 1.165) is 0 Å². The fourth-order valence-corrected chi connectivity index (χ4v) is 2.32. The van der Waals surface area contributed by atoms with Gasteiger partial charge in [0.2, 0.25) is 0 Å². The van der Waals surface area contributed by atoms with Crippen LogP contribution in [0.2, 0.25) is 0 Å². The number of rotatable bonds is 3. The van der Waals surface area contributed by atoms with Gasteiger partial charge in [0.1, 0.15) is 0 Å². The van der Waals surface area contributed by atoms with Gasteiger partial charge in [-0.05, 0) is 5.53 Å². The van der Waals surface area contributed by atoms with Crippen LogP contribution in [0.15, 0.2) is 5.11 Å². The monoisotopic (exact) mass is 329 g/mol. The molecule has 15 heavy (non-hydrogen) atoms. The highest BCUT2D eigenvalue weighted by Gasteiger charge is 2.43. The first-order valence-corrected chi connectivity index (χ1v) is 5.55. The van der Waals surface area contributed by atoms with Crippen molar-refractivity contribution in [3.63, 3.8) is 0 Å². The van der Waals surface area contributed by atoms with Crippen LogP contribution in [0.5, 0.6) is 0 Å². The molecule has 2 N–H and O–H groups in total. The van der Waals surface area contributed by atoms with Crippen LogP contribution in [0.1, 0.15) is 0 Å². The molecule has 0 radical (unpaired) electrons. The van der Waals surface area contributed by atoms with E-state index in [-0.39, 0.29) is 10.5 Å². The second-order valence-corrected chi connectivity index (χ2v) is 4.53. The van der Waals surface area contributed by atoms with Gasteiger partial charge in [-0.3, -0.25) is 0 Å². The van der Waals surface area contributed by atoms with Crippen LogP contribution in [0.3, 0.4) is 0 Å². The van der Waals surface area contributed by atoms with Crippen molar-refractivity contribution in [2.45, 2.75) is 28.5 Å². The lowest BCUT2D eigenvalue weighted by atomic mass is 10.00. The van der Waals surface area contributed by atoms with Crippen LogP contribution in [0.4, 0.5) is 0 Å². The molecule has 1 heterocycles. The molecular weight excluding hydrogens is 317 g/mol. The maximum Gasteiger partial charge on any atom is 0.171 e. The molecule has 0 aliphatic carbocycles. The van der Waals surface area contributed by atoms with Crippen LogP contribution in [-0.2, 0) is 9.47 Å². The molecule has 0 aromatic heterocycles. The minimum absolute atomic E-state index is 0.329. The summed E-state index contributed by atoms with van der Waals surface area (Å²) in [4.78, 5) is 2.62. The standard InChI is InChI=1S/C7H12IN3O4/c1-14-7-4(8)6(13)5(10-11-9)3(2-12)15-7/h3-7,12-13H,2H2,1H3/t3-,4-,5-,6-,7-/m1/s1. The summed E-state index contributed by atoms with van der Waals surface area (Å²) in [6.45, 7) is -0.329. The Morgan fingerprint density at radius 3 is 2.80 bits per heavy atom. The van der Waals surface area contributed by atoms with Crippen molar-refractivity contribution < 1.29 is 19.7 Å². The summed E-state index contributed by atoms with van der Waals surface area (Å²) in [5, 5.41) is 22.3. The Kier molecular flexibility index (Phi) is 5.03. The largest absolute Gasteiger partial charge is 0.394 e. The molecule has 1 fully saturated rings. The number of hydrogen-bond donors (Lipinski definition) is 2. The van der Waals surface area contributed by atoms with Gasteiger partial charge in [-0.1, -0.05) is 27.7 Å². The summed E-state index contributed by atoms with van der Waals surface area (Å²) in [5.74, 6) is 0. The van der Waals surface area contributed by atoms with Crippen molar-refractivity contribution in [3.05, 3.63) is 10.4 Å². The number of hydrogen-bond acceptors (Lipinski definition) is 5. The summed E-state index contributed by atoms with van der Waals surface area (Å²) in [5.41, 5.74) is 8.34. The molecule has 8 heteroatoms. The Balaban J connectivity index is 2.83. The van der Waals surface area contributed by atoms with Crippen LogP contribution in [-0.4, -0.2) is 52.4 Å². The van der Waals surface area contributed by atoms with Crippen molar-refractivity contribution >= 4 is 22.6 Å². The average molecular weight is 329 g/mol. The van der Waals surface area contributed by atoms with E-state index in [1.165, 1.54) is 7.11 Å². The maximum absolute atomic E-state index is 9.83. The highest BCUT2D eigenvalue weighted by molar-refractivity contribution is 14.1. The lowest BCUT2D eigenvalue weighted by Gasteiger charge is -2.39. The Labute approximate surface area is 100 Å². The summed E-state index contributed by atoms with van der Waals surface area (Å²) >= 11 is 1.96. The number of aliphatic hydroxyl groups excluding tert-OH is 2. The zero-order valence-corrected chi connectivity index (χ0v) is 10.2. The molecule has 7 nitrogen and oxygen atoms in total. The van der Waals surface area contributed by atoms with Crippen LogP contribution < -0.4 is 0 Å². The first-order valence-electron chi connectivity index (χ1n) is 4.31.